The van der Waals surface area contributed by atoms with Crippen molar-refractivity contribution in [2.45, 2.75) is 20.8 Å². The van der Waals surface area contributed by atoms with Crippen LogP contribution in [0.4, 0.5) is 0 Å². The van der Waals surface area contributed by atoms with E-state index in [-0.39, 0.29) is 23.7 Å². The average molecular weight is 246 g/mol. The summed E-state index contributed by atoms with van der Waals surface area (Å²) in [7, 11) is 0. The normalized spacial score (nSPS) is 10.6. The number of benzene rings is 1. The van der Waals surface area contributed by atoms with Crippen molar-refractivity contribution in [1.29, 1.82) is 0 Å². The highest BCUT2D eigenvalue weighted by Gasteiger charge is 2.24. The van der Waals surface area contributed by atoms with Crippen LogP contribution in [-0.2, 0) is 4.74 Å². The molecule has 0 bridgehead atoms. The van der Waals surface area contributed by atoms with Gasteiger partial charge in [-0.15, -0.1) is 0 Å². The van der Waals surface area contributed by atoms with E-state index in [1.54, 1.807) is 19.1 Å². The molecule has 4 heteroatoms. The number of ketones is 1. The number of ether oxygens (including phenoxy) is 1. The highest BCUT2D eigenvalue weighted by Crippen LogP contribution is 2.28. The third-order valence-corrected chi connectivity index (χ3v) is 2.64. The number of rotatable bonds is 3. The van der Waals surface area contributed by atoms with Gasteiger partial charge in [-0.1, -0.05) is 6.07 Å². The van der Waals surface area contributed by atoms with Crippen LogP contribution in [0, 0.1) is 6.92 Å². The second kappa shape index (κ2) is 4.64. The molecule has 0 saturated carbocycles. The van der Waals surface area contributed by atoms with E-state index in [2.05, 4.69) is 0 Å². The third-order valence-electron chi connectivity index (χ3n) is 2.64. The van der Waals surface area contributed by atoms with Crippen molar-refractivity contribution in [2.24, 2.45) is 0 Å². The number of esters is 1. The second-order valence-electron chi connectivity index (χ2n) is 4.08. The second-order valence-corrected chi connectivity index (χ2v) is 4.08. The quantitative estimate of drug-likeness (QED) is 0.616. The van der Waals surface area contributed by atoms with Crippen molar-refractivity contribution in [2.75, 3.05) is 6.61 Å². The molecule has 1 aromatic carbocycles. The van der Waals surface area contributed by atoms with E-state index in [0.717, 1.165) is 5.56 Å². The fraction of sp³-hybridized carbons (Fsp3) is 0.286. The van der Waals surface area contributed by atoms with Crippen molar-refractivity contribution in [3.63, 3.8) is 0 Å². The highest BCUT2D eigenvalue weighted by atomic mass is 16.5. The van der Waals surface area contributed by atoms with Gasteiger partial charge in [-0.3, -0.25) is 4.79 Å². The molecule has 2 rings (SSSR count). The fourth-order valence-corrected chi connectivity index (χ4v) is 1.86. The summed E-state index contributed by atoms with van der Waals surface area (Å²) >= 11 is 0. The number of hydrogen-bond donors (Lipinski definition) is 0. The summed E-state index contributed by atoms with van der Waals surface area (Å²) in [5, 5.41) is 0.615. The summed E-state index contributed by atoms with van der Waals surface area (Å²) in [5.41, 5.74) is 1.75. The van der Waals surface area contributed by atoms with E-state index in [9.17, 15) is 9.59 Å². The molecule has 0 aliphatic rings. The van der Waals surface area contributed by atoms with E-state index < -0.39 is 5.97 Å². The summed E-state index contributed by atoms with van der Waals surface area (Å²) in [6, 6.07) is 5.43. The zero-order chi connectivity index (χ0) is 13.3. The standard InChI is InChI=1S/C14H14O4/c1-4-17-14(16)12-10-6-5-8(2)7-11(10)18-13(12)9(3)15/h5-7H,4H2,1-3H3. The van der Waals surface area contributed by atoms with Crippen LogP contribution in [0.5, 0.6) is 0 Å². The Kier molecular flexibility index (Phi) is 3.19. The molecule has 4 nitrogen and oxygen atoms in total. The molecule has 0 aliphatic carbocycles. The van der Waals surface area contributed by atoms with Gasteiger partial charge in [-0.25, -0.2) is 4.79 Å². The number of carbonyl (C=O) groups is 2. The molecule has 0 saturated heterocycles. The largest absolute Gasteiger partial charge is 0.462 e. The van der Waals surface area contributed by atoms with Gasteiger partial charge in [0.2, 0.25) is 0 Å². The van der Waals surface area contributed by atoms with Crippen LogP contribution in [-0.4, -0.2) is 18.4 Å². The zero-order valence-electron chi connectivity index (χ0n) is 10.6. The molecule has 2 aromatic rings. The summed E-state index contributed by atoms with van der Waals surface area (Å²) in [5.74, 6) is -0.744. The first kappa shape index (κ1) is 12.4. The zero-order valence-corrected chi connectivity index (χ0v) is 10.6. The van der Waals surface area contributed by atoms with Gasteiger partial charge < -0.3 is 9.15 Å². The predicted molar refractivity (Wildman–Crippen MR) is 66.9 cm³/mol. The van der Waals surface area contributed by atoms with Gasteiger partial charge >= 0.3 is 5.97 Å². The Labute approximate surface area is 105 Å². The Morgan fingerprint density at radius 2 is 2.06 bits per heavy atom. The van der Waals surface area contributed by atoms with E-state index >= 15 is 0 Å². The van der Waals surface area contributed by atoms with Crippen molar-refractivity contribution in [3.05, 3.63) is 35.1 Å². The first-order valence-corrected chi connectivity index (χ1v) is 5.75. The summed E-state index contributed by atoms with van der Waals surface area (Å²) in [6.45, 7) is 5.26. The Hall–Kier alpha value is -2.10. The fourth-order valence-electron chi connectivity index (χ4n) is 1.86. The molecule has 0 spiro atoms. The Balaban J connectivity index is 2.70. The molecule has 18 heavy (non-hydrogen) atoms. The summed E-state index contributed by atoms with van der Waals surface area (Å²) in [6.07, 6.45) is 0. The van der Waals surface area contributed by atoms with Crippen molar-refractivity contribution < 1.29 is 18.7 Å². The molecule has 0 fully saturated rings. The third kappa shape index (κ3) is 2.01. The molecular formula is C14H14O4. The average Bonchev–Trinajstić information content (AvgIpc) is 2.67. The maximum absolute atomic E-state index is 11.9. The van der Waals surface area contributed by atoms with Gasteiger partial charge in [0.15, 0.2) is 11.5 Å². The van der Waals surface area contributed by atoms with Gasteiger partial charge in [0, 0.05) is 12.3 Å². The molecule has 0 unspecified atom stereocenters. The minimum absolute atomic E-state index is 0.0639. The lowest BCUT2D eigenvalue weighted by Gasteiger charge is -2.00. The molecule has 0 aliphatic heterocycles. The minimum Gasteiger partial charge on any atom is -0.462 e. The van der Waals surface area contributed by atoms with Crippen molar-refractivity contribution in [3.8, 4) is 0 Å². The van der Waals surface area contributed by atoms with Crippen molar-refractivity contribution in [1.82, 2.24) is 0 Å². The van der Waals surface area contributed by atoms with Gasteiger partial charge in [-0.2, -0.15) is 0 Å². The van der Waals surface area contributed by atoms with Crippen LogP contribution >= 0.6 is 0 Å². The number of fused-ring (bicyclic) bond motifs is 1. The van der Waals surface area contributed by atoms with E-state index in [1.165, 1.54) is 6.92 Å². The van der Waals surface area contributed by atoms with Crippen LogP contribution in [0.3, 0.4) is 0 Å². The van der Waals surface area contributed by atoms with Crippen LogP contribution in [0.2, 0.25) is 0 Å². The van der Waals surface area contributed by atoms with E-state index in [0.29, 0.717) is 11.0 Å². The monoisotopic (exact) mass is 246 g/mol. The van der Waals surface area contributed by atoms with Gasteiger partial charge in [0.25, 0.3) is 0 Å². The number of aryl methyl sites for hydroxylation is 1. The number of Topliss-reactive ketones (excluding diaryl/α,β-unsaturated/α-hetero) is 1. The summed E-state index contributed by atoms with van der Waals surface area (Å²) < 4.78 is 10.4. The molecule has 0 radical (unpaired) electrons. The van der Waals surface area contributed by atoms with Crippen LogP contribution in [0.15, 0.2) is 22.6 Å². The Morgan fingerprint density at radius 3 is 2.67 bits per heavy atom. The maximum Gasteiger partial charge on any atom is 0.342 e. The number of hydrogen-bond acceptors (Lipinski definition) is 4. The van der Waals surface area contributed by atoms with E-state index in [4.69, 9.17) is 9.15 Å². The highest BCUT2D eigenvalue weighted by molar-refractivity contribution is 6.12. The van der Waals surface area contributed by atoms with Gasteiger partial charge in [-0.05, 0) is 31.5 Å². The Morgan fingerprint density at radius 1 is 1.33 bits per heavy atom. The van der Waals surface area contributed by atoms with Crippen LogP contribution in [0.25, 0.3) is 11.0 Å². The molecular weight excluding hydrogens is 232 g/mol. The predicted octanol–water partition coefficient (Wildman–Crippen LogP) is 3.12. The summed E-state index contributed by atoms with van der Waals surface area (Å²) in [4.78, 5) is 23.4. The molecule has 0 N–H and O–H groups in total. The Bertz CT molecular complexity index is 622. The first-order chi connectivity index (χ1) is 8.54. The van der Waals surface area contributed by atoms with Gasteiger partial charge in [0.05, 0.1) is 6.61 Å². The van der Waals surface area contributed by atoms with Crippen LogP contribution in [0.1, 0.15) is 40.3 Å². The topological polar surface area (TPSA) is 56.5 Å². The van der Waals surface area contributed by atoms with Crippen LogP contribution < -0.4 is 0 Å². The number of furan rings is 1. The number of carbonyl (C=O) groups excluding carboxylic acids is 2. The molecule has 0 atom stereocenters. The molecule has 0 amide bonds. The molecule has 1 heterocycles. The lowest BCUT2D eigenvalue weighted by Crippen LogP contribution is -2.08. The maximum atomic E-state index is 11.9. The minimum atomic E-state index is -0.523. The first-order valence-electron chi connectivity index (χ1n) is 5.75. The van der Waals surface area contributed by atoms with Gasteiger partial charge in [0.1, 0.15) is 11.1 Å². The lowest BCUT2D eigenvalue weighted by atomic mass is 10.1. The molecule has 1 aromatic heterocycles. The molecule has 94 valence electrons. The smallest absolute Gasteiger partial charge is 0.342 e. The SMILES string of the molecule is CCOC(=O)c1c(C(C)=O)oc2cc(C)ccc12. The lowest BCUT2D eigenvalue weighted by molar-refractivity contribution is 0.0523. The van der Waals surface area contributed by atoms with E-state index in [1.807, 2.05) is 13.0 Å². The van der Waals surface area contributed by atoms with Crippen molar-refractivity contribution >= 4 is 22.7 Å².